The summed E-state index contributed by atoms with van der Waals surface area (Å²) in [6, 6.07) is 6.44. The third kappa shape index (κ3) is 2.49. The van der Waals surface area contributed by atoms with E-state index in [1.807, 2.05) is 0 Å². The fraction of sp³-hybridized carbons (Fsp3) is 0.286. The summed E-state index contributed by atoms with van der Waals surface area (Å²) in [6.45, 7) is 2.78. The van der Waals surface area contributed by atoms with Crippen molar-refractivity contribution in [1.29, 1.82) is 0 Å². The van der Waals surface area contributed by atoms with E-state index < -0.39 is 0 Å². The molecule has 0 bridgehead atoms. The number of piperazine rings is 1. The number of carbonyl (C=O) groups is 1. The summed E-state index contributed by atoms with van der Waals surface area (Å²) >= 11 is 0. The minimum atomic E-state index is -0.234. The number of halogens is 1. The molecular weight excluding hydrogens is 259 g/mol. The number of H-pyrrole nitrogens is 1. The summed E-state index contributed by atoms with van der Waals surface area (Å²) in [5, 5.41) is 0. The molecule has 0 atom stereocenters. The Bertz CT molecular complexity index is 574. The molecule has 3 rings (SSSR count). The van der Waals surface area contributed by atoms with Crippen molar-refractivity contribution in [2.75, 3.05) is 31.1 Å². The third-order valence-corrected chi connectivity index (χ3v) is 3.49. The number of hydrogen-bond donors (Lipinski definition) is 1. The van der Waals surface area contributed by atoms with Crippen molar-refractivity contribution in [2.45, 2.75) is 0 Å². The molecule has 1 aromatic carbocycles. The van der Waals surface area contributed by atoms with Crippen molar-refractivity contribution >= 4 is 11.6 Å². The average molecular weight is 274 g/mol. The van der Waals surface area contributed by atoms with Crippen LogP contribution in [0.15, 0.2) is 36.8 Å². The van der Waals surface area contributed by atoms with Crippen molar-refractivity contribution in [1.82, 2.24) is 14.9 Å². The van der Waals surface area contributed by atoms with Crippen molar-refractivity contribution in [3.8, 4) is 0 Å². The summed E-state index contributed by atoms with van der Waals surface area (Å²) in [4.78, 5) is 22.8. The average Bonchev–Trinajstić information content (AvgIpc) is 3.02. The smallest absolute Gasteiger partial charge is 0.272 e. The van der Waals surface area contributed by atoms with Crippen LogP contribution in [0.4, 0.5) is 10.1 Å². The predicted molar refractivity (Wildman–Crippen MR) is 73.1 cm³/mol. The van der Waals surface area contributed by atoms with Crippen LogP contribution >= 0.6 is 0 Å². The van der Waals surface area contributed by atoms with Crippen LogP contribution in [0.2, 0.25) is 0 Å². The second kappa shape index (κ2) is 5.32. The summed E-state index contributed by atoms with van der Waals surface area (Å²) in [5.41, 5.74) is 1.50. The van der Waals surface area contributed by atoms with E-state index in [1.54, 1.807) is 17.0 Å². The lowest BCUT2D eigenvalue weighted by molar-refractivity contribution is 0.0741. The van der Waals surface area contributed by atoms with Crippen LogP contribution in [0.1, 0.15) is 10.5 Å². The number of aromatic amines is 1. The molecule has 6 heteroatoms. The first-order valence-electron chi connectivity index (χ1n) is 6.52. The first-order chi connectivity index (χ1) is 9.74. The number of nitrogens with zero attached hydrogens (tertiary/aromatic N) is 3. The van der Waals surface area contributed by atoms with Gasteiger partial charge in [-0.1, -0.05) is 0 Å². The minimum Gasteiger partial charge on any atom is -0.368 e. The van der Waals surface area contributed by atoms with E-state index in [1.165, 1.54) is 24.7 Å². The second-order valence-electron chi connectivity index (χ2n) is 4.72. The van der Waals surface area contributed by atoms with E-state index >= 15 is 0 Å². The number of nitrogens with one attached hydrogen (secondary N) is 1. The zero-order chi connectivity index (χ0) is 13.9. The summed E-state index contributed by atoms with van der Waals surface area (Å²) in [5.74, 6) is -0.261. The van der Waals surface area contributed by atoms with Crippen LogP contribution in [0, 0.1) is 5.82 Å². The number of hydrogen-bond acceptors (Lipinski definition) is 3. The van der Waals surface area contributed by atoms with E-state index in [2.05, 4.69) is 14.9 Å². The van der Waals surface area contributed by atoms with Crippen LogP contribution in [-0.2, 0) is 0 Å². The molecule has 1 fully saturated rings. The second-order valence-corrected chi connectivity index (χ2v) is 4.72. The van der Waals surface area contributed by atoms with Gasteiger partial charge in [-0.15, -0.1) is 0 Å². The molecule has 1 aromatic heterocycles. The Hall–Kier alpha value is -2.37. The molecule has 0 unspecified atom stereocenters. The minimum absolute atomic E-state index is 0.0266. The standard InChI is InChI=1S/C14H15FN4O/c15-11-1-3-12(4-2-11)18-5-7-19(8-6-18)14(20)13-9-16-10-17-13/h1-4,9-10H,5-8H2,(H,16,17). The lowest BCUT2D eigenvalue weighted by Gasteiger charge is -2.35. The Balaban J connectivity index is 1.62. The van der Waals surface area contributed by atoms with E-state index in [0.29, 0.717) is 18.8 Å². The Morgan fingerprint density at radius 1 is 1.15 bits per heavy atom. The van der Waals surface area contributed by atoms with Crippen LogP contribution in [0.25, 0.3) is 0 Å². The van der Waals surface area contributed by atoms with E-state index in [9.17, 15) is 9.18 Å². The van der Waals surface area contributed by atoms with Crippen LogP contribution in [-0.4, -0.2) is 47.0 Å². The fourth-order valence-corrected chi connectivity index (χ4v) is 2.36. The first kappa shape index (κ1) is 12.7. The quantitative estimate of drug-likeness (QED) is 0.903. The molecule has 0 radical (unpaired) electrons. The molecule has 0 spiro atoms. The van der Waals surface area contributed by atoms with Gasteiger partial charge in [-0.3, -0.25) is 4.79 Å². The van der Waals surface area contributed by atoms with Gasteiger partial charge in [-0.05, 0) is 24.3 Å². The number of aromatic nitrogens is 2. The first-order valence-corrected chi connectivity index (χ1v) is 6.52. The number of benzene rings is 1. The molecule has 1 N–H and O–H groups in total. The molecule has 1 amide bonds. The number of imidazole rings is 1. The van der Waals surface area contributed by atoms with E-state index in [4.69, 9.17) is 0 Å². The molecule has 2 heterocycles. The van der Waals surface area contributed by atoms with Gasteiger partial charge in [-0.2, -0.15) is 0 Å². The molecule has 0 saturated carbocycles. The maximum absolute atomic E-state index is 12.9. The van der Waals surface area contributed by atoms with Crippen LogP contribution < -0.4 is 4.90 Å². The van der Waals surface area contributed by atoms with Crippen molar-refractivity contribution in [2.24, 2.45) is 0 Å². The van der Waals surface area contributed by atoms with E-state index in [0.717, 1.165) is 18.8 Å². The summed E-state index contributed by atoms with van der Waals surface area (Å²) in [6.07, 6.45) is 3.04. The molecule has 104 valence electrons. The fourth-order valence-electron chi connectivity index (χ4n) is 2.36. The molecule has 20 heavy (non-hydrogen) atoms. The Morgan fingerprint density at radius 2 is 1.85 bits per heavy atom. The van der Waals surface area contributed by atoms with Crippen LogP contribution in [0.3, 0.4) is 0 Å². The Kier molecular flexibility index (Phi) is 3.37. The zero-order valence-corrected chi connectivity index (χ0v) is 10.9. The Labute approximate surface area is 116 Å². The number of amides is 1. The predicted octanol–water partition coefficient (Wildman–Crippen LogP) is 1.51. The van der Waals surface area contributed by atoms with Gasteiger partial charge in [0.05, 0.1) is 12.5 Å². The van der Waals surface area contributed by atoms with Gasteiger partial charge in [0.1, 0.15) is 11.5 Å². The Morgan fingerprint density at radius 3 is 2.45 bits per heavy atom. The largest absolute Gasteiger partial charge is 0.368 e. The number of anilines is 1. The molecule has 1 aliphatic rings. The SMILES string of the molecule is O=C(c1cnc[nH]1)N1CCN(c2ccc(F)cc2)CC1. The normalized spacial score (nSPS) is 15.4. The lowest BCUT2D eigenvalue weighted by Crippen LogP contribution is -2.48. The van der Waals surface area contributed by atoms with Gasteiger partial charge in [0, 0.05) is 31.9 Å². The third-order valence-electron chi connectivity index (χ3n) is 3.49. The molecule has 1 saturated heterocycles. The number of carbonyl (C=O) groups excluding carboxylic acids is 1. The summed E-state index contributed by atoms with van der Waals surface area (Å²) in [7, 11) is 0. The highest BCUT2D eigenvalue weighted by atomic mass is 19.1. The van der Waals surface area contributed by atoms with Gasteiger partial charge in [0.15, 0.2) is 0 Å². The van der Waals surface area contributed by atoms with Gasteiger partial charge in [0.25, 0.3) is 5.91 Å². The maximum atomic E-state index is 12.9. The number of rotatable bonds is 2. The zero-order valence-electron chi connectivity index (χ0n) is 10.9. The van der Waals surface area contributed by atoms with Crippen molar-refractivity contribution in [3.63, 3.8) is 0 Å². The molecular formula is C14H15FN4O. The van der Waals surface area contributed by atoms with Gasteiger partial charge >= 0.3 is 0 Å². The molecule has 2 aromatic rings. The highest BCUT2D eigenvalue weighted by Gasteiger charge is 2.22. The van der Waals surface area contributed by atoms with E-state index in [-0.39, 0.29) is 11.7 Å². The molecule has 5 nitrogen and oxygen atoms in total. The van der Waals surface area contributed by atoms with Crippen molar-refractivity contribution in [3.05, 3.63) is 48.3 Å². The van der Waals surface area contributed by atoms with Gasteiger partial charge < -0.3 is 14.8 Å². The maximum Gasteiger partial charge on any atom is 0.272 e. The highest BCUT2D eigenvalue weighted by molar-refractivity contribution is 5.92. The topological polar surface area (TPSA) is 52.2 Å². The molecule has 1 aliphatic heterocycles. The lowest BCUT2D eigenvalue weighted by atomic mass is 10.2. The van der Waals surface area contributed by atoms with Crippen molar-refractivity contribution < 1.29 is 9.18 Å². The van der Waals surface area contributed by atoms with Crippen LogP contribution in [0.5, 0.6) is 0 Å². The summed E-state index contributed by atoms with van der Waals surface area (Å²) < 4.78 is 12.9. The monoisotopic (exact) mass is 274 g/mol. The van der Waals surface area contributed by atoms with Gasteiger partial charge in [0.2, 0.25) is 0 Å². The molecule has 0 aliphatic carbocycles. The highest BCUT2D eigenvalue weighted by Crippen LogP contribution is 2.17. The van der Waals surface area contributed by atoms with Gasteiger partial charge in [-0.25, -0.2) is 9.37 Å².